The zero-order valence-corrected chi connectivity index (χ0v) is 18.7. The summed E-state index contributed by atoms with van der Waals surface area (Å²) >= 11 is 0. The summed E-state index contributed by atoms with van der Waals surface area (Å²) in [4.78, 5) is 10.9. The highest BCUT2D eigenvalue weighted by molar-refractivity contribution is 7.89. The number of aliphatic carboxylic acids is 1. The van der Waals surface area contributed by atoms with E-state index in [1.165, 1.54) is 19.2 Å². The Kier molecular flexibility index (Phi) is 8.03. The van der Waals surface area contributed by atoms with Gasteiger partial charge in [-0.3, -0.25) is 4.79 Å². The first kappa shape index (κ1) is 23.5. The first-order valence-corrected chi connectivity index (χ1v) is 11.9. The van der Waals surface area contributed by atoms with Gasteiger partial charge in [-0.25, -0.2) is 13.1 Å². The molecule has 0 aromatic heterocycles. The molecule has 6 nitrogen and oxygen atoms in total. The third kappa shape index (κ3) is 6.67. The number of carboxylic acid groups (broad SMARTS) is 1. The van der Waals surface area contributed by atoms with Gasteiger partial charge in [0.1, 0.15) is 5.75 Å². The molecule has 0 radical (unpaired) electrons. The molecular weight excluding hydrogens is 426 g/mol. The van der Waals surface area contributed by atoms with Crippen molar-refractivity contribution in [2.75, 3.05) is 7.11 Å². The number of nitrogens with one attached hydrogen (secondary N) is 1. The van der Waals surface area contributed by atoms with E-state index in [0.29, 0.717) is 25.0 Å². The minimum absolute atomic E-state index is 0.125. The molecule has 168 valence electrons. The molecule has 1 atom stereocenters. The van der Waals surface area contributed by atoms with Crippen LogP contribution in [0.4, 0.5) is 0 Å². The van der Waals surface area contributed by atoms with Crippen molar-refractivity contribution in [2.45, 2.75) is 36.6 Å². The van der Waals surface area contributed by atoms with E-state index in [4.69, 9.17) is 9.84 Å². The average molecular weight is 454 g/mol. The quantitative estimate of drug-likeness (QED) is 0.450. The van der Waals surface area contributed by atoms with Gasteiger partial charge in [0.2, 0.25) is 10.0 Å². The number of carboxylic acids is 1. The first-order chi connectivity index (χ1) is 15.4. The number of aryl methyl sites for hydroxylation is 1. The van der Waals surface area contributed by atoms with E-state index in [0.717, 1.165) is 16.7 Å². The molecule has 2 N–H and O–H groups in total. The summed E-state index contributed by atoms with van der Waals surface area (Å²) in [7, 11) is -2.23. The SMILES string of the molecule is COc1ccc(S(=O)(=O)NC(Cc2ccccc2)c2ccc(CCCC(=O)O)cc2)cc1. The number of rotatable bonds is 11. The van der Waals surface area contributed by atoms with Crippen molar-refractivity contribution in [2.24, 2.45) is 0 Å². The molecule has 0 aliphatic heterocycles. The highest BCUT2D eigenvalue weighted by atomic mass is 32.2. The third-order valence-electron chi connectivity index (χ3n) is 5.19. The van der Waals surface area contributed by atoms with Crippen LogP contribution in [0.2, 0.25) is 0 Å². The molecule has 7 heteroatoms. The standard InChI is InChI=1S/C25H27NO5S/c1-31-22-14-16-23(17-15-22)32(29,30)26-24(18-20-6-3-2-4-7-20)21-12-10-19(11-13-21)8-5-9-25(27)28/h2-4,6-7,10-17,24,26H,5,8-9,18H2,1H3,(H,27,28). The maximum atomic E-state index is 13.1. The Hall–Kier alpha value is -3.16. The Morgan fingerprint density at radius 2 is 1.59 bits per heavy atom. The van der Waals surface area contributed by atoms with Crippen molar-refractivity contribution >= 4 is 16.0 Å². The molecule has 0 saturated carbocycles. The Bertz CT molecular complexity index is 1110. The fourth-order valence-corrected chi connectivity index (χ4v) is 4.67. The molecule has 0 aliphatic rings. The predicted molar refractivity (Wildman–Crippen MR) is 123 cm³/mol. The van der Waals surface area contributed by atoms with Gasteiger partial charge < -0.3 is 9.84 Å². The summed E-state index contributed by atoms with van der Waals surface area (Å²) in [5.74, 6) is -0.222. The van der Waals surface area contributed by atoms with E-state index in [-0.39, 0.29) is 11.3 Å². The second-order valence-electron chi connectivity index (χ2n) is 7.53. The van der Waals surface area contributed by atoms with Crippen molar-refractivity contribution in [3.05, 3.63) is 95.6 Å². The first-order valence-electron chi connectivity index (χ1n) is 10.4. The molecule has 1 unspecified atom stereocenters. The van der Waals surface area contributed by atoms with Crippen LogP contribution in [0.3, 0.4) is 0 Å². The van der Waals surface area contributed by atoms with Gasteiger partial charge in [-0.15, -0.1) is 0 Å². The number of hydrogen-bond acceptors (Lipinski definition) is 4. The van der Waals surface area contributed by atoms with E-state index >= 15 is 0 Å². The highest BCUT2D eigenvalue weighted by Gasteiger charge is 2.22. The van der Waals surface area contributed by atoms with E-state index in [2.05, 4.69) is 4.72 Å². The van der Waals surface area contributed by atoms with Crippen LogP contribution in [-0.2, 0) is 27.7 Å². The molecule has 0 heterocycles. The van der Waals surface area contributed by atoms with Gasteiger partial charge in [-0.1, -0.05) is 54.6 Å². The number of carbonyl (C=O) groups is 1. The predicted octanol–water partition coefficient (Wildman–Crippen LogP) is 4.36. The van der Waals surface area contributed by atoms with Crippen LogP contribution in [0.25, 0.3) is 0 Å². The Morgan fingerprint density at radius 3 is 2.19 bits per heavy atom. The average Bonchev–Trinajstić information content (AvgIpc) is 2.79. The van der Waals surface area contributed by atoms with Gasteiger partial charge in [0.15, 0.2) is 0 Å². The van der Waals surface area contributed by atoms with Crippen LogP contribution < -0.4 is 9.46 Å². The maximum absolute atomic E-state index is 13.1. The van der Waals surface area contributed by atoms with E-state index in [1.807, 2.05) is 54.6 Å². The van der Waals surface area contributed by atoms with Gasteiger partial charge in [-0.05, 0) is 60.2 Å². The summed E-state index contributed by atoms with van der Waals surface area (Å²) in [6.45, 7) is 0. The molecule has 0 fully saturated rings. The summed E-state index contributed by atoms with van der Waals surface area (Å²) in [5, 5.41) is 8.81. The lowest BCUT2D eigenvalue weighted by Gasteiger charge is -2.20. The lowest BCUT2D eigenvalue weighted by atomic mass is 9.98. The van der Waals surface area contributed by atoms with Crippen molar-refractivity contribution in [3.63, 3.8) is 0 Å². The van der Waals surface area contributed by atoms with Crippen LogP contribution in [0.5, 0.6) is 5.75 Å². The summed E-state index contributed by atoms with van der Waals surface area (Å²) < 4.78 is 34.1. The number of sulfonamides is 1. The van der Waals surface area contributed by atoms with Crippen molar-refractivity contribution in [1.82, 2.24) is 4.72 Å². The molecule has 3 aromatic carbocycles. The monoisotopic (exact) mass is 453 g/mol. The third-order valence-corrected chi connectivity index (χ3v) is 6.68. The van der Waals surface area contributed by atoms with E-state index in [9.17, 15) is 13.2 Å². The molecule has 3 rings (SSSR count). The van der Waals surface area contributed by atoms with Gasteiger partial charge in [0.05, 0.1) is 18.0 Å². The van der Waals surface area contributed by atoms with Gasteiger partial charge in [0, 0.05) is 6.42 Å². The number of ether oxygens (including phenoxy) is 1. The zero-order chi connectivity index (χ0) is 23.0. The van der Waals surface area contributed by atoms with Crippen molar-refractivity contribution in [1.29, 1.82) is 0 Å². The summed E-state index contributed by atoms with van der Waals surface area (Å²) in [5.41, 5.74) is 2.87. The minimum Gasteiger partial charge on any atom is -0.497 e. The smallest absolute Gasteiger partial charge is 0.303 e. The molecule has 0 spiro atoms. The molecule has 0 saturated heterocycles. The lowest BCUT2D eigenvalue weighted by molar-refractivity contribution is -0.137. The highest BCUT2D eigenvalue weighted by Crippen LogP contribution is 2.24. The molecule has 0 amide bonds. The molecule has 32 heavy (non-hydrogen) atoms. The van der Waals surface area contributed by atoms with E-state index < -0.39 is 22.0 Å². The largest absolute Gasteiger partial charge is 0.497 e. The van der Waals surface area contributed by atoms with Crippen LogP contribution in [-0.4, -0.2) is 26.6 Å². The number of methoxy groups -OCH3 is 1. The second-order valence-corrected chi connectivity index (χ2v) is 9.24. The summed E-state index contributed by atoms with van der Waals surface area (Å²) in [6, 6.07) is 23.2. The Balaban J connectivity index is 1.82. The zero-order valence-electron chi connectivity index (χ0n) is 17.9. The lowest BCUT2D eigenvalue weighted by Crippen LogP contribution is -2.30. The molecular formula is C25H27NO5S. The minimum atomic E-state index is -3.76. The maximum Gasteiger partial charge on any atom is 0.303 e. The molecule has 0 aliphatic carbocycles. The van der Waals surface area contributed by atoms with Crippen molar-refractivity contribution in [3.8, 4) is 5.75 Å². The molecule has 0 bridgehead atoms. The molecule has 3 aromatic rings. The topological polar surface area (TPSA) is 92.7 Å². The van der Waals surface area contributed by atoms with Crippen molar-refractivity contribution < 1.29 is 23.1 Å². The number of hydrogen-bond donors (Lipinski definition) is 2. The van der Waals surface area contributed by atoms with Gasteiger partial charge >= 0.3 is 5.97 Å². The second kappa shape index (κ2) is 10.9. The Morgan fingerprint density at radius 1 is 0.938 bits per heavy atom. The van der Waals surface area contributed by atoms with Gasteiger partial charge in [0.25, 0.3) is 0 Å². The van der Waals surface area contributed by atoms with Crippen LogP contribution >= 0.6 is 0 Å². The fraction of sp³-hybridized carbons (Fsp3) is 0.240. The fourth-order valence-electron chi connectivity index (χ4n) is 3.45. The van der Waals surface area contributed by atoms with Crippen LogP contribution in [0, 0.1) is 0 Å². The number of benzene rings is 3. The van der Waals surface area contributed by atoms with E-state index in [1.54, 1.807) is 12.1 Å². The van der Waals surface area contributed by atoms with Gasteiger partial charge in [-0.2, -0.15) is 0 Å². The normalized spacial score (nSPS) is 12.3. The Labute approximate surface area is 188 Å². The van der Waals surface area contributed by atoms with Crippen LogP contribution in [0.1, 0.15) is 35.6 Å². The van der Waals surface area contributed by atoms with Crippen LogP contribution in [0.15, 0.2) is 83.8 Å². The summed E-state index contributed by atoms with van der Waals surface area (Å²) in [6.07, 6.45) is 1.84.